The van der Waals surface area contributed by atoms with Crippen LogP contribution in [0.25, 0.3) is 0 Å². The third-order valence-corrected chi connectivity index (χ3v) is 3.80. The summed E-state index contributed by atoms with van der Waals surface area (Å²) in [4.78, 5) is 12.1. The molecule has 0 bridgehead atoms. The Morgan fingerprint density at radius 3 is 2.40 bits per heavy atom. The second-order valence-corrected chi connectivity index (χ2v) is 5.04. The summed E-state index contributed by atoms with van der Waals surface area (Å²) in [5, 5.41) is 0. The Morgan fingerprint density at radius 1 is 1.15 bits per heavy atom. The van der Waals surface area contributed by atoms with Crippen molar-refractivity contribution in [2.24, 2.45) is 0 Å². The lowest BCUT2D eigenvalue weighted by Crippen LogP contribution is -2.46. The Labute approximate surface area is 121 Å². The third-order valence-electron chi connectivity index (χ3n) is 3.80. The maximum atomic E-state index is 12.1. The molecule has 0 spiro atoms. The number of quaternary nitrogens is 1. The molecule has 20 heavy (non-hydrogen) atoms. The number of hydrogen-bond donors (Lipinski definition) is 0. The smallest absolute Gasteiger partial charge is 0.342 e. The average Bonchev–Trinajstić information content (AvgIpc) is 2.47. The standard InChI is InChI=1S/C16H26NO3/c1-5-17(4,6-2)12-13-20-16(18)14-10-8-9-11-15(14)19-7-3/h8-11H,5-7,12-13H2,1-4H3/q+1. The van der Waals surface area contributed by atoms with Crippen molar-refractivity contribution in [3.63, 3.8) is 0 Å². The minimum absolute atomic E-state index is 0.312. The summed E-state index contributed by atoms with van der Waals surface area (Å²) >= 11 is 0. The molecule has 0 amide bonds. The van der Waals surface area contributed by atoms with Gasteiger partial charge in [0.25, 0.3) is 0 Å². The summed E-state index contributed by atoms with van der Waals surface area (Å²) in [6, 6.07) is 7.20. The first-order valence-electron chi connectivity index (χ1n) is 7.28. The highest BCUT2D eigenvalue weighted by atomic mass is 16.5. The van der Waals surface area contributed by atoms with E-state index in [0.29, 0.717) is 24.5 Å². The fourth-order valence-corrected chi connectivity index (χ4v) is 1.89. The van der Waals surface area contributed by atoms with Crippen LogP contribution in [0.5, 0.6) is 5.75 Å². The van der Waals surface area contributed by atoms with Gasteiger partial charge in [-0.25, -0.2) is 4.79 Å². The molecule has 0 saturated heterocycles. The van der Waals surface area contributed by atoms with Crippen molar-refractivity contribution >= 4 is 5.97 Å². The number of esters is 1. The zero-order valence-corrected chi connectivity index (χ0v) is 13.0. The molecule has 0 heterocycles. The van der Waals surface area contributed by atoms with Gasteiger partial charge in [0.05, 0.1) is 26.7 Å². The summed E-state index contributed by atoms with van der Waals surface area (Å²) < 4.78 is 11.7. The minimum atomic E-state index is -0.312. The molecule has 112 valence electrons. The maximum Gasteiger partial charge on any atom is 0.342 e. The van der Waals surface area contributed by atoms with Crippen LogP contribution >= 0.6 is 0 Å². The number of carbonyl (C=O) groups is 1. The van der Waals surface area contributed by atoms with Crippen LogP contribution in [0.3, 0.4) is 0 Å². The van der Waals surface area contributed by atoms with E-state index in [1.54, 1.807) is 12.1 Å². The van der Waals surface area contributed by atoms with Crippen molar-refractivity contribution in [1.29, 1.82) is 0 Å². The Kier molecular flexibility index (Phi) is 6.52. The highest BCUT2D eigenvalue weighted by molar-refractivity contribution is 5.92. The average molecular weight is 280 g/mol. The quantitative estimate of drug-likeness (QED) is 0.542. The van der Waals surface area contributed by atoms with Gasteiger partial charge in [-0.2, -0.15) is 0 Å². The van der Waals surface area contributed by atoms with Crippen LogP contribution in [-0.2, 0) is 4.74 Å². The molecule has 4 nitrogen and oxygen atoms in total. The first-order chi connectivity index (χ1) is 9.56. The Bertz CT molecular complexity index is 427. The number of rotatable bonds is 8. The molecule has 0 N–H and O–H groups in total. The van der Waals surface area contributed by atoms with E-state index >= 15 is 0 Å². The van der Waals surface area contributed by atoms with Gasteiger partial charge in [-0.15, -0.1) is 0 Å². The summed E-state index contributed by atoms with van der Waals surface area (Å²) in [6.07, 6.45) is 0. The van der Waals surface area contributed by atoms with Crippen molar-refractivity contribution in [2.75, 3.05) is 39.9 Å². The fraction of sp³-hybridized carbons (Fsp3) is 0.562. The first-order valence-corrected chi connectivity index (χ1v) is 7.28. The summed E-state index contributed by atoms with van der Waals surface area (Å²) in [6.45, 7) is 10.0. The van der Waals surface area contributed by atoms with Crippen LogP contribution in [0, 0.1) is 0 Å². The van der Waals surface area contributed by atoms with Crippen LogP contribution in [0.2, 0.25) is 0 Å². The molecule has 1 aromatic carbocycles. The van der Waals surface area contributed by atoms with E-state index in [1.165, 1.54) is 0 Å². The topological polar surface area (TPSA) is 35.5 Å². The zero-order valence-electron chi connectivity index (χ0n) is 13.0. The van der Waals surface area contributed by atoms with E-state index < -0.39 is 0 Å². The predicted molar refractivity (Wildman–Crippen MR) is 80.0 cm³/mol. The number of hydrogen-bond acceptors (Lipinski definition) is 3. The SMILES string of the molecule is CCOc1ccccc1C(=O)OCC[N+](C)(CC)CC. The van der Waals surface area contributed by atoms with E-state index in [2.05, 4.69) is 20.9 Å². The molecule has 0 aliphatic heterocycles. The van der Waals surface area contributed by atoms with Gasteiger partial charge in [0.1, 0.15) is 24.5 Å². The molecule has 4 heteroatoms. The van der Waals surface area contributed by atoms with Gasteiger partial charge in [-0.1, -0.05) is 12.1 Å². The van der Waals surface area contributed by atoms with Crippen molar-refractivity contribution < 1.29 is 18.8 Å². The highest BCUT2D eigenvalue weighted by Gasteiger charge is 2.18. The molecule has 0 unspecified atom stereocenters. The number of likely N-dealkylation sites (N-methyl/N-ethyl adjacent to an activating group) is 1. The number of nitrogens with zero attached hydrogens (tertiary/aromatic N) is 1. The van der Waals surface area contributed by atoms with Gasteiger partial charge in [0.2, 0.25) is 0 Å². The van der Waals surface area contributed by atoms with E-state index in [1.807, 2.05) is 19.1 Å². The molecular formula is C16H26NO3+. The summed E-state index contributed by atoms with van der Waals surface area (Å²) in [5.74, 6) is 0.274. The maximum absolute atomic E-state index is 12.1. The number of ether oxygens (including phenoxy) is 2. The molecule has 0 fully saturated rings. The van der Waals surface area contributed by atoms with E-state index in [-0.39, 0.29) is 5.97 Å². The van der Waals surface area contributed by atoms with Gasteiger partial charge in [0, 0.05) is 0 Å². The number of benzene rings is 1. The Morgan fingerprint density at radius 2 is 1.80 bits per heavy atom. The molecule has 0 aromatic heterocycles. The fourth-order valence-electron chi connectivity index (χ4n) is 1.89. The van der Waals surface area contributed by atoms with Gasteiger partial charge >= 0.3 is 5.97 Å². The van der Waals surface area contributed by atoms with Gasteiger partial charge in [-0.3, -0.25) is 0 Å². The lowest BCUT2D eigenvalue weighted by atomic mass is 10.2. The lowest BCUT2D eigenvalue weighted by Gasteiger charge is -2.31. The second-order valence-electron chi connectivity index (χ2n) is 5.04. The molecular weight excluding hydrogens is 254 g/mol. The molecule has 0 atom stereocenters. The second kappa shape index (κ2) is 7.90. The van der Waals surface area contributed by atoms with Crippen LogP contribution in [0.15, 0.2) is 24.3 Å². The van der Waals surface area contributed by atoms with Crippen LogP contribution in [0.1, 0.15) is 31.1 Å². The highest BCUT2D eigenvalue weighted by Crippen LogP contribution is 2.18. The molecule has 0 radical (unpaired) electrons. The van der Waals surface area contributed by atoms with Crippen molar-refractivity contribution in [1.82, 2.24) is 0 Å². The zero-order chi connectivity index (χ0) is 15.0. The Hall–Kier alpha value is -1.55. The third kappa shape index (κ3) is 4.53. The van der Waals surface area contributed by atoms with Crippen LogP contribution in [-0.4, -0.2) is 50.3 Å². The lowest BCUT2D eigenvalue weighted by molar-refractivity contribution is -0.906. The van der Waals surface area contributed by atoms with Crippen molar-refractivity contribution in [3.05, 3.63) is 29.8 Å². The molecule has 0 saturated carbocycles. The first kappa shape index (κ1) is 16.5. The van der Waals surface area contributed by atoms with E-state index in [9.17, 15) is 4.79 Å². The largest absolute Gasteiger partial charge is 0.493 e. The molecule has 1 aromatic rings. The van der Waals surface area contributed by atoms with Gasteiger partial charge in [0.15, 0.2) is 0 Å². The van der Waals surface area contributed by atoms with Crippen LogP contribution in [0.4, 0.5) is 0 Å². The van der Waals surface area contributed by atoms with Crippen LogP contribution < -0.4 is 4.74 Å². The van der Waals surface area contributed by atoms with E-state index in [0.717, 1.165) is 24.1 Å². The van der Waals surface area contributed by atoms with Gasteiger partial charge < -0.3 is 14.0 Å². The summed E-state index contributed by atoms with van der Waals surface area (Å²) in [5.41, 5.74) is 0.497. The van der Waals surface area contributed by atoms with Crippen molar-refractivity contribution in [2.45, 2.75) is 20.8 Å². The number of para-hydroxylation sites is 1. The molecule has 0 aliphatic rings. The van der Waals surface area contributed by atoms with E-state index in [4.69, 9.17) is 9.47 Å². The normalized spacial score (nSPS) is 11.2. The predicted octanol–water partition coefficient (Wildman–Crippen LogP) is 2.73. The molecule has 0 aliphatic carbocycles. The van der Waals surface area contributed by atoms with Gasteiger partial charge in [-0.05, 0) is 32.9 Å². The minimum Gasteiger partial charge on any atom is -0.493 e. The van der Waals surface area contributed by atoms with Crippen molar-refractivity contribution in [3.8, 4) is 5.75 Å². The monoisotopic (exact) mass is 280 g/mol. The Balaban J connectivity index is 2.59. The number of carbonyl (C=O) groups excluding carboxylic acids is 1. The summed E-state index contributed by atoms with van der Waals surface area (Å²) in [7, 11) is 2.17. The molecule has 1 rings (SSSR count).